The molecule has 5 nitrogen and oxygen atoms in total. The van der Waals surface area contributed by atoms with Crippen LogP contribution in [0.4, 0.5) is 8.78 Å². The number of aromatic nitrogens is 1. The molecule has 1 aliphatic heterocycles. The van der Waals surface area contributed by atoms with Crippen LogP contribution in [0.25, 0.3) is 0 Å². The molecular formula is C18H25BF2NO4S+. The second kappa shape index (κ2) is 7.33. The predicted octanol–water partition coefficient (Wildman–Crippen LogP) is 3.27. The van der Waals surface area contributed by atoms with Gasteiger partial charge in [0, 0.05) is 34.3 Å². The Labute approximate surface area is 162 Å². The van der Waals surface area contributed by atoms with Gasteiger partial charge in [-0.3, -0.25) is 0 Å². The van der Waals surface area contributed by atoms with Gasteiger partial charge in [-0.15, -0.1) is 0 Å². The fourth-order valence-corrected chi connectivity index (χ4v) is 3.48. The molecule has 1 saturated heterocycles. The van der Waals surface area contributed by atoms with E-state index in [4.69, 9.17) is 14.0 Å². The van der Waals surface area contributed by atoms with Gasteiger partial charge in [0.2, 0.25) is 11.8 Å². The highest BCUT2D eigenvalue weighted by molar-refractivity contribution is 7.64. The van der Waals surface area contributed by atoms with Crippen LogP contribution in [0.5, 0.6) is 5.88 Å². The van der Waals surface area contributed by atoms with Gasteiger partial charge < -0.3 is 14.0 Å². The molecule has 27 heavy (non-hydrogen) atoms. The number of nitrogens with zero attached hydrogens (tertiary/aromatic N) is 1. The van der Waals surface area contributed by atoms with Crippen molar-refractivity contribution in [3.05, 3.63) is 17.8 Å². The Kier molecular flexibility index (Phi) is 5.58. The molecule has 2 heterocycles. The number of ether oxygens (including phenoxy) is 1. The first-order chi connectivity index (χ1) is 12.5. The second-order valence-electron chi connectivity index (χ2n) is 8.26. The number of halogens is 2. The van der Waals surface area contributed by atoms with Gasteiger partial charge in [0.1, 0.15) is 6.10 Å². The van der Waals surface area contributed by atoms with Gasteiger partial charge in [-0.2, -0.15) is 0 Å². The van der Waals surface area contributed by atoms with Crippen molar-refractivity contribution in [3.63, 3.8) is 0 Å². The van der Waals surface area contributed by atoms with Crippen molar-refractivity contribution in [2.45, 2.75) is 82.4 Å². The molecule has 9 heteroatoms. The smallest absolute Gasteiger partial charge is 0.475 e. The van der Waals surface area contributed by atoms with Crippen LogP contribution in [-0.4, -0.2) is 35.3 Å². The lowest BCUT2D eigenvalue weighted by molar-refractivity contribution is -0.0587. The first-order valence-corrected chi connectivity index (χ1v) is 10.1. The van der Waals surface area contributed by atoms with E-state index >= 15 is 0 Å². The van der Waals surface area contributed by atoms with Gasteiger partial charge in [-0.25, -0.2) is 13.8 Å². The van der Waals surface area contributed by atoms with Crippen molar-refractivity contribution in [1.82, 2.24) is 4.98 Å². The van der Waals surface area contributed by atoms with Crippen LogP contribution in [0.15, 0.2) is 12.3 Å². The lowest BCUT2D eigenvalue weighted by Gasteiger charge is -2.32. The van der Waals surface area contributed by atoms with Crippen molar-refractivity contribution in [3.8, 4) is 5.88 Å². The molecule has 1 aliphatic carbocycles. The fraction of sp³-hybridized carbons (Fsp3) is 0.722. The standard InChI is InChI=1S/C18H25BF2NO4S/c1-16(2)17(3,4)26-19(25-16)14-9-12(11-27-23)10-22-15(14)24-13-5-7-18(20,21)8-6-13/h9-10,13H,5-8,11H2,1-4H3/q+1. The summed E-state index contributed by atoms with van der Waals surface area (Å²) in [6.07, 6.45) is 1.43. The highest BCUT2D eigenvalue weighted by atomic mass is 32.1. The molecule has 0 unspecified atom stereocenters. The minimum Gasteiger partial charge on any atom is -0.475 e. The summed E-state index contributed by atoms with van der Waals surface area (Å²) >= 11 is 0.451. The van der Waals surface area contributed by atoms with Gasteiger partial charge in [-0.1, -0.05) is 0 Å². The first kappa shape index (κ1) is 20.5. The van der Waals surface area contributed by atoms with E-state index in [0.717, 1.165) is 5.56 Å². The van der Waals surface area contributed by atoms with E-state index in [1.165, 1.54) is 0 Å². The Hall–Kier alpha value is -1.19. The van der Waals surface area contributed by atoms with Crippen molar-refractivity contribution in [2.75, 3.05) is 0 Å². The summed E-state index contributed by atoms with van der Waals surface area (Å²) in [5.74, 6) is -2.03. The molecule has 0 amide bonds. The molecule has 1 aromatic rings. The quantitative estimate of drug-likeness (QED) is 0.561. The molecule has 2 fully saturated rings. The van der Waals surface area contributed by atoms with Crippen molar-refractivity contribution in [2.24, 2.45) is 0 Å². The van der Waals surface area contributed by atoms with Gasteiger partial charge in [0.15, 0.2) is 0 Å². The summed E-state index contributed by atoms with van der Waals surface area (Å²) in [6.45, 7) is 7.78. The Morgan fingerprint density at radius 3 is 2.37 bits per heavy atom. The SMILES string of the molecule is CC1(C)OB(c2cc(C[S+]=O)cnc2OC2CCC(F)(F)CC2)OC1(C)C. The predicted molar refractivity (Wildman–Crippen MR) is 99.5 cm³/mol. The van der Waals surface area contributed by atoms with Gasteiger partial charge in [-0.05, 0) is 46.6 Å². The largest absolute Gasteiger partial charge is 0.500 e. The number of hydrogen-bond acceptors (Lipinski definition) is 5. The maximum absolute atomic E-state index is 13.4. The van der Waals surface area contributed by atoms with Crippen LogP contribution in [0, 0.1) is 0 Å². The van der Waals surface area contributed by atoms with E-state index in [1.54, 1.807) is 12.3 Å². The van der Waals surface area contributed by atoms with Gasteiger partial charge >= 0.3 is 18.8 Å². The molecule has 1 aromatic heterocycles. The summed E-state index contributed by atoms with van der Waals surface area (Å²) < 4.78 is 55.9. The van der Waals surface area contributed by atoms with E-state index < -0.39 is 24.2 Å². The Bertz CT molecular complexity index is 691. The summed E-state index contributed by atoms with van der Waals surface area (Å²) in [7, 11) is -0.695. The van der Waals surface area contributed by atoms with Gasteiger partial charge in [0.25, 0.3) is 5.75 Å². The Morgan fingerprint density at radius 1 is 1.22 bits per heavy atom. The van der Waals surface area contributed by atoms with Crippen LogP contribution in [0.1, 0.15) is 58.9 Å². The van der Waals surface area contributed by atoms with E-state index in [2.05, 4.69) is 4.98 Å². The molecule has 2 aliphatic rings. The van der Waals surface area contributed by atoms with E-state index in [1.807, 2.05) is 27.7 Å². The zero-order valence-electron chi connectivity index (χ0n) is 16.1. The van der Waals surface area contributed by atoms with E-state index in [0.29, 0.717) is 23.0 Å². The first-order valence-electron chi connectivity index (χ1n) is 9.17. The molecule has 3 rings (SSSR count). The lowest BCUT2D eigenvalue weighted by Crippen LogP contribution is -2.41. The average molecular weight is 400 g/mol. The third-order valence-electron chi connectivity index (χ3n) is 5.61. The monoisotopic (exact) mass is 400 g/mol. The number of alkyl halides is 2. The third-order valence-corrected chi connectivity index (χ3v) is 6.06. The molecule has 0 radical (unpaired) electrons. The van der Waals surface area contributed by atoms with Crippen molar-refractivity contribution < 1.29 is 27.0 Å². The van der Waals surface area contributed by atoms with Gasteiger partial charge in [0.05, 0.1) is 11.2 Å². The van der Waals surface area contributed by atoms with Crippen LogP contribution < -0.4 is 10.2 Å². The van der Waals surface area contributed by atoms with Crippen molar-refractivity contribution in [1.29, 1.82) is 0 Å². The topological polar surface area (TPSA) is 57.7 Å². The maximum atomic E-state index is 13.4. The molecule has 148 valence electrons. The summed E-state index contributed by atoms with van der Waals surface area (Å²) in [5, 5.41) is 0. The fourth-order valence-electron chi connectivity index (χ4n) is 3.19. The number of rotatable bonds is 5. The summed E-state index contributed by atoms with van der Waals surface area (Å²) in [6, 6.07) is 1.80. The Balaban J connectivity index is 1.85. The molecule has 0 atom stereocenters. The van der Waals surface area contributed by atoms with E-state index in [-0.39, 0.29) is 37.5 Å². The average Bonchev–Trinajstić information content (AvgIpc) is 2.79. The Morgan fingerprint density at radius 2 is 1.81 bits per heavy atom. The molecule has 0 N–H and O–H groups in total. The zero-order chi connectivity index (χ0) is 19.9. The highest BCUT2D eigenvalue weighted by Gasteiger charge is 2.53. The molecule has 0 spiro atoms. The highest BCUT2D eigenvalue weighted by Crippen LogP contribution is 2.38. The normalized spacial score (nSPS) is 24.0. The van der Waals surface area contributed by atoms with Crippen LogP contribution in [0.3, 0.4) is 0 Å². The van der Waals surface area contributed by atoms with Crippen LogP contribution in [0.2, 0.25) is 0 Å². The van der Waals surface area contributed by atoms with Crippen LogP contribution in [-0.2, 0) is 30.9 Å². The summed E-state index contributed by atoms with van der Waals surface area (Å²) in [5.41, 5.74) is 0.260. The molecule has 1 saturated carbocycles. The summed E-state index contributed by atoms with van der Waals surface area (Å²) in [4.78, 5) is 4.35. The van der Waals surface area contributed by atoms with E-state index in [9.17, 15) is 13.0 Å². The molecule has 0 bridgehead atoms. The van der Waals surface area contributed by atoms with Crippen LogP contribution >= 0.6 is 0 Å². The third kappa shape index (κ3) is 4.46. The zero-order valence-corrected chi connectivity index (χ0v) is 16.9. The number of hydrogen-bond donors (Lipinski definition) is 0. The maximum Gasteiger partial charge on any atom is 0.500 e. The molecular weight excluding hydrogens is 375 g/mol. The minimum absolute atomic E-state index is 0.186. The number of pyridine rings is 1. The minimum atomic E-state index is -2.61. The van der Waals surface area contributed by atoms with Crippen molar-refractivity contribution >= 4 is 24.2 Å². The second-order valence-corrected chi connectivity index (χ2v) is 8.79. The molecule has 0 aromatic carbocycles. The lowest BCUT2D eigenvalue weighted by atomic mass is 9.79.